The Morgan fingerprint density at radius 2 is 1.94 bits per heavy atom. The number of benzene rings is 1. The Morgan fingerprint density at radius 1 is 1.19 bits per heavy atom. The second-order valence-electron chi connectivity index (χ2n) is 14.4. The van der Waals surface area contributed by atoms with Gasteiger partial charge in [-0.1, -0.05) is 52.1 Å². The number of thiophene rings is 1. The molecule has 10 heteroatoms. The summed E-state index contributed by atoms with van der Waals surface area (Å²) in [7, 11) is 17.3. The smallest absolute Gasteiger partial charge is 0.410 e. The summed E-state index contributed by atoms with van der Waals surface area (Å²) in [5.74, 6) is 2.97. The third-order valence-electron chi connectivity index (χ3n) is 10.7. The first-order chi connectivity index (χ1) is 22.8. The molecule has 1 aromatic carbocycles. The lowest BCUT2D eigenvalue weighted by atomic mass is 9.53. The molecule has 1 aliphatic heterocycles. The van der Waals surface area contributed by atoms with Crippen LogP contribution in [0.5, 0.6) is 5.75 Å². The minimum absolute atomic E-state index is 0.222. The standard InChI is InChI=1S/C27H33NO3S.C8H12B3FS.C3H8/c1-27-12-9-21-20-6-4-19(31-26(29)28-13-10-24-18(16-28)11-14-32-24)15-17(20)3-5-22(21)23(27)7-8-25(27)30-2;1-6(2)13-5-3-4-7(9)8(10,11)12;1-3-2/h4,6,11,14-15,21-23,25H,3,5,7-10,12-13,16H2,1-2H3;7H,1,3-5H2,2H3;3H2,1-2H3. The molecular weight excluding hydrogens is 634 g/mol. The molecule has 6 unspecified atom stereocenters. The van der Waals surface area contributed by atoms with Gasteiger partial charge in [-0.15, -0.1) is 23.1 Å². The maximum absolute atomic E-state index is 12.8. The van der Waals surface area contributed by atoms with Gasteiger partial charge in [-0.05, 0) is 132 Å². The van der Waals surface area contributed by atoms with Gasteiger partial charge in [0, 0.05) is 24.0 Å². The molecule has 0 bridgehead atoms. The largest absolute Gasteiger partial charge is 0.415 e. The number of aryl methyl sites for hydroxylation is 1. The van der Waals surface area contributed by atoms with E-state index >= 15 is 0 Å². The van der Waals surface area contributed by atoms with Crippen LogP contribution in [0.25, 0.3) is 0 Å². The summed E-state index contributed by atoms with van der Waals surface area (Å²) in [6, 6.07) is 8.56. The molecule has 0 spiro atoms. The predicted molar refractivity (Wildman–Crippen MR) is 204 cm³/mol. The van der Waals surface area contributed by atoms with E-state index in [4.69, 9.17) is 33.0 Å². The predicted octanol–water partition coefficient (Wildman–Crippen LogP) is 9.54. The normalized spacial score (nSPS) is 26.2. The zero-order valence-corrected chi connectivity index (χ0v) is 31.4. The van der Waals surface area contributed by atoms with Crippen molar-refractivity contribution in [1.82, 2.24) is 4.90 Å². The summed E-state index contributed by atoms with van der Waals surface area (Å²) in [5, 5.41) is 2.12. The summed E-state index contributed by atoms with van der Waals surface area (Å²) >= 11 is 3.42. The molecule has 2 saturated carbocycles. The van der Waals surface area contributed by atoms with Gasteiger partial charge in [0.1, 0.15) is 21.4 Å². The number of ether oxygens (including phenoxy) is 2. The third-order valence-corrected chi connectivity index (χ3v) is 12.8. The van der Waals surface area contributed by atoms with Gasteiger partial charge < -0.3 is 14.4 Å². The van der Waals surface area contributed by atoms with Crippen molar-refractivity contribution in [2.45, 2.75) is 122 Å². The van der Waals surface area contributed by atoms with Gasteiger partial charge in [0.2, 0.25) is 0 Å². The lowest BCUT2D eigenvalue weighted by Crippen LogP contribution is -2.44. The van der Waals surface area contributed by atoms with Crippen molar-refractivity contribution in [2.24, 2.45) is 17.3 Å². The maximum atomic E-state index is 12.8. The number of methoxy groups -OCH3 is 1. The van der Waals surface area contributed by atoms with E-state index < -0.39 is 11.3 Å². The molecule has 48 heavy (non-hydrogen) atoms. The summed E-state index contributed by atoms with van der Waals surface area (Å²) < 4.78 is 24.5. The monoisotopic (exact) mass is 687 g/mol. The van der Waals surface area contributed by atoms with E-state index in [-0.39, 0.29) is 6.09 Å². The van der Waals surface area contributed by atoms with Crippen molar-refractivity contribution in [3.63, 3.8) is 0 Å². The number of fused-ring (bicyclic) bond motifs is 6. The molecule has 1 amide bonds. The number of alkyl halides is 1. The van der Waals surface area contributed by atoms with Crippen LogP contribution in [0, 0.1) is 17.3 Å². The van der Waals surface area contributed by atoms with Gasteiger partial charge in [-0.2, -0.15) is 0 Å². The highest BCUT2D eigenvalue weighted by molar-refractivity contribution is 8.03. The molecule has 256 valence electrons. The fourth-order valence-corrected chi connectivity index (χ4v) is 9.85. The zero-order chi connectivity index (χ0) is 35.1. The summed E-state index contributed by atoms with van der Waals surface area (Å²) in [6.07, 6.45) is 11.0. The van der Waals surface area contributed by atoms with Crippen molar-refractivity contribution in [1.29, 1.82) is 0 Å². The highest BCUT2D eigenvalue weighted by atomic mass is 32.2. The highest BCUT2D eigenvalue weighted by Crippen LogP contribution is 2.61. The molecule has 3 aliphatic carbocycles. The average molecular weight is 687 g/mol. The fraction of sp³-hybridized carbons (Fsp3) is 0.658. The van der Waals surface area contributed by atoms with Gasteiger partial charge in [0.05, 0.1) is 20.5 Å². The van der Waals surface area contributed by atoms with Crippen LogP contribution in [0.15, 0.2) is 41.1 Å². The topological polar surface area (TPSA) is 38.8 Å². The molecule has 4 aliphatic rings. The Hall–Kier alpha value is -1.64. The first-order valence-corrected chi connectivity index (χ1v) is 19.7. The van der Waals surface area contributed by atoms with E-state index in [0.717, 1.165) is 48.3 Å². The first-order valence-electron chi connectivity index (χ1n) is 17.8. The Morgan fingerprint density at radius 3 is 2.62 bits per heavy atom. The van der Waals surface area contributed by atoms with E-state index in [9.17, 15) is 9.18 Å². The number of amides is 1. The fourth-order valence-electron chi connectivity index (χ4n) is 8.30. The van der Waals surface area contributed by atoms with Crippen LogP contribution in [-0.2, 0) is 24.1 Å². The van der Waals surface area contributed by atoms with Crippen LogP contribution in [0.4, 0.5) is 9.18 Å². The van der Waals surface area contributed by atoms with E-state index in [1.54, 1.807) is 23.1 Å². The lowest BCUT2D eigenvalue weighted by molar-refractivity contribution is -0.0444. The number of allylic oxidation sites excluding steroid dienone is 1. The first kappa shape index (κ1) is 39.2. The third kappa shape index (κ3) is 9.57. The second kappa shape index (κ2) is 17.5. The molecule has 6 atom stereocenters. The molecule has 2 fully saturated rings. The van der Waals surface area contributed by atoms with Crippen molar-refractivity contribution in [3.05, 3.63) is 62.7 Å². The minimum Gasteiger partial charge on any atom is -0.410 e. The Labute approximate surface area is 302 Å². The number of hydrogen-bond donors (Lipinski definition) is 0. The van der Waals surface area contributed by atoms with Crippen LogP contribution in [-0.4, -0.2) is 65.5 Å². The molecule has 6 radical (unpaired) electrons. The number of halogens is 1. The molecular formula is C38H53B3FNO3S2. The molecule has 0 saturated heterocycles. The van der Waals surface area contributed by atoms with Crippen molar-refractivity contribution in [3.8, 4) is 5.75 Å². The van der Waals surface area contributed by atoms with Gasteiger partial charge in [-0.3, -0.25) is 4.39 Å². The van der Waals surface area contributed by atoms with Crippen LogP contribution in [0.1, 0.15) is 107 Å². The molecule has 2 aromatic rings. The number of thioether (sulfide) groups is 1. The molecule has 2 heterocycles. The number of carbonyl (C=O) groups is 1. The zero-order valence-electron chi connectivity index (χ0n) is 29.8. The van der Waals surface area contributed by atoms with Gasteiger partial charge in [-0.25, -0.2) is 4.79 Å². The van der Waals surface area contributed by atoms with E-state index in [1.165, 1.54) is 60.1 Å². The molecule has 0 N–H and O–H groups in total. The van der Waals surface area contributed by atoms with Crippen molar-refractivity contribution in [2.75, 3.05) is 19.4 Å². The van der Waals surface area contributed by atoms with Crippen LogP contribution >= 0.6 is 23.1 Å². The van der Waals surface area contributed by atoms with Crippen molar-refractivity contribution >= 4 is 52.7 Å². The van der Waals surface area contributed by atoms with E-state index in [1.807, 2.05) is 25.0 Å². The Kier molecular flexibility index (Phi) is 14.3. The van der Waals surface area contributed by atoms with E-state index in [2.05, 4.69) is 50.9 Å². The highest BCUT2D eigenvalue weighted by Gasteiger charge is 2.55. The molecule has 4 nitrogen and oxygen atoms in total. The quantitative estimate of drug-likeness (QED) is 0.205. The average Bonchev–Trinajstić information content (AvgIpc) is 3.66. The van der Waals surface area contributed by atoms with Crippen LogP contribution in [0.2, 0.25) is 5.82 Å². The lowest BCUT2D eigenvalue weighted by Gasteiger charge is -2.50. The summed E-state index contributed by atoms with van der Waals surface area (Å²) in [4.78, 5) is 17.1. The van der Waals surface area contributed by atoms with Gasteiger partial charge in [0.25, 0.3) is 0 Å². The SMILES string of the molecule is CCC.COC1CCC2C3CCc4cc(OC(=O)N5CCc6sccc6C5)ccc4C3CCC12C.[B]C(CCCSC(=C)C)C([B])([B])F. The van der Waals surface area contributed by atoms with Crippen LogP contribution < -0.4 is 4.74 Å². The van der Waals surface area contributed by atoms with Gasteiger partial charge in [0.15, 0.2) is 0 Å². The number of carbonyl (C=O) groups excluding carboxylic acids is 1. The number of hydrogen-bond acceptors (Lipinski definition) is 5. The summed E-state index contributed by atoms with van der Waals surface area (Å²) in [6.45, 7) is 13.8. The summed E-state index contributed by atoms with van der Waals surface area (Å²) in [5.41, 5.74) is 2.25. The molecule has 6 rings (SSSR count). The van der Waals surface area contributed by atoms with Crippen molar-refractivity contribution < 1.29 is 18.7 Å². The number of rotatable bonds is 8. The van der Waals surface area contributed by atoms with Gasteiger partial charge >= 0.3 is 6.09 Å². The Bertz CT molecular complexity index is 1370. The molecule has 1 aromatic heterocycles. The van der Waals surface area contributed by atoms with Crippen LogP contribution in [0.3, 0.4) is 0 Å². The maximum Gasteiger partial charge on any atom is 0.415 e. The number of nitrogens with zero attached hydrogens (tertiary/aromatic N) is 1. The second-order valence-corrected chi connectivity index (χ2v) is 16.8. The Balaban J connectivity index is 0.000000275. The van der Waals surface area contributed by atoms with E-state index in [0.29, 0.717) is 36.2 Å². The minimum atomic E-state index is -2.26.